The highest BCUT2D eigenvalue weighted by molar-refractivity contribution is 5.95. The standard InChI is InChI=1S/C11H15F2N3O3/c1-18-11(17)7-4-10(16-5-8(7)14)15-2-3-19-6-9(12)13/h4-5,9H,2-3,6,14H2,1H3,(H,15,16). The summed E-state index contributed by atoms with van der Waals surface area (Å²) in [6.45, 7) is -0.224. The van der Waals surface area contributed by atoms with Gasteiger partial charge in [0.25, 0.3) is 6.43 Å². The lowest BCUT2D eigenvalue weighted by atomic mass is 10.2. The second-order valence-corrected chi connectivity index (χ2v) is 3.54. The molecule has 19 heavy (non-hydrogen) atoms. The van der Waals surface area contributed by atoms with E-state index < -0.39 is 19.0 Å². The molecule has 6 nitrogen and oxygen atoms in total. The van der Waals surface area contributed by atoms with Crippen molar-refractivity contribution in [3.63, 3.8) is 0 Å². The van der Waals surface area contributed by atoms with Gasteiger partial charge in [0.05, 0.1) is 31.2 Å². The number of carbonyl (C=O) groups is 1. The second kappa shape index (κ2) is 7.47. The van der Waals surface area contributed by atoms with Crippen LogP contribution in [0.5, 0.6) is 0 Å². The van der Waals surface area contributed by atoms with Crippen molar-refractivity contribution in [1.29, 1.82) is 0 Å². The van der Waals surface area contributed by atoms with Crippen LogP contribution >= 0.6 is 0 Å². The number of ether oxygens (including phenoxy) is 2. The van der Waals surface area contributed by atoms with Crippen molar-refractivity contribution in [2.24, 2.45) is 0 Å². The Balaban J connectivity index is 2.48. The largest absolute Gasteiger partial charge is 0.465 e. The number of halogens is 2. The topological polar surface area (TPSA) is 86.5 Å². The predicted molar refractivity (Wildman–Crippen MR) is 65.3 cm³/mol. The number of nitrogens with one attached hydrogen (secondary N) is 1. The molecule has 0 atom stereocenters. The first-order valence-electron chi connectivity index (χ1n) is 5.48. The molecule has 0 aliphatic rings. The molecule has 0 bridgehead atoms. The first-order valence-corrected chi connectivity index (χ1v) is 5.48. The van der Waals surface area contributed by atoms with Crippen LogP contribution in [0.3, 0.4) is 0 Å². The summed E-state index contributed by atoms with van der Waals surface area (Å²) in [7, 11) is 1.24. The van der Waals surface area contributed by atoms with E-state index >= 15 is 0 Å². The molecule has 1 aromatic heterocycles. The Labute approximate surface area is 108 Å². The molecule has 1 aromatic rings. The van der Waals surface area contributed by atoms with Crippen molar-refractivity contribution in [3.05, 3.63) is 17.8 Å². The van der Waals surface area contributed by atoms with E-state index in [0.29, 0.717) is 5.82 Å². The van der Waals surface area contributed by atoms with Crippen molar-refractivity contribution < 1.29 is 23.0 Å². The van der Waals surface area contributed by atoms with Gasteiger partial charge in [0.15, 0.2) is 0 Å². The van der Waals surface area contributed by atoms with Crippen LogP contribution in [0.4, 0.5) is 20.3 Å². The van der Waals surface area contributed by atoms with E-state index in [2.05, 4.69) is 19.8 Å². The molecule has 0 spiro atoms. The van der Waals surface area contributed by atoms with Gasteiger partial charge in [0.2, 0.25) is 0 Å². The van der Waals surface area contributed by atoms with Crippen LogP contribution in [0.25, 0.3) is 0 Å². The average Bonchev–Trinajstić information content (AvgIpc) is 2.39. The van der Waals surface area contributed by atoms with Crippen molar-refractivity contribution in [3.8, 4) is 0 Å². The molecule has 0 aromatic carbocycles. The fraction of sp³-hybridized carbons (Fsp3) is 0.455. The molecule has 0 saturated heterocycles. The molecule has 0 fully saturated rings. The molecule has 0 radical (unpaired) electrons. The molecule has 1 rings (SSSR count). The number of nitrogens with zero attached hydrogens (tertiary/aromatic N) is 1. The molecule has 3 N–H and O–H groups in total. The summed E-state index contributed by atoms with van der Waals surface area (Å²) in [4.78, 5) is 15.3. The van der Waals surface area contributed by atoms with E-state index in [0.717, 1.165) is 0 Å². The number of aromatic nitrogens is 1. The monoisotopic (exact) mass is 275 g/mol. The average molecular weight is 275 g/mol. The zero-order chi connectivity index (χ0) is 14.3. The maximum atomic E-state index is 11.8. The van der Waals surface area contributed by atoms with Gasteiger partial charge in [-0.05, 0) is 6.07 Å². The number of esters is 1. The van der Waals surface area contributed by atoms with E-state index in [1.165, 1.54) is 19.4 Å². The smallest absolute Gasteiger partial charge is 0.340 e. The van der Waals surface area contributed by atoms with Gasteiger partial charge in [-0.2, -0.15) is 0 Å². The third-order valence-electron chi connectivity index (χ3n) is 2.14. The minimum Gasteiger partial charge on any atom is -0.465 e. The summed E-state index contributed by atoms with van der Waals surface area (Å²) in [5.41, 5.74) is 5.97. The predicted octanol–water partition coefficient (Wildman–Crippen LogP) is 1.14. The minimum absolute atomic E-state index is 0.101. The van der Waals surface area contributed by atoms with Crippen molar-refractivity contribution in [2.75, 3.05) is 37.9 Å². The highest BCUT2D eigenvalue weighted by Gasteiger charge is 2.11. The van der Waals surface area contributed by atoms with Gasteiger partial charge >= 0.3 is 5.97 Å². The van der Waals surface area contributed by atoms with Crippen LogP contribution in [0.15, 0.2) is 12.3 Å². The Morgan fingerprint density at radius 2 is 2.32 bits per heavy atom. The molecular weight excluding hydrogens is 260 g/mol. The Morgan fingerprint density at radius 3 is 2.95 bits per heavy atom. The molecule has 0 saturated carbocycles. The second-order valence-electron chi connectivity index (χ2n) is 3.54. The summed E-state index contributed by atoms with van der Waals surface area (Å²) in [6, 6.07) is 1.42. The van der Waals surface area contributed by atoms with Gasteiger partial charge in [-0.3, -0.25) is 0 Å². The number of nitrogens with two attached hydrogens (primary N) is 1. The van der Waals surface area contributed by atoms with Crippen LogP contribution < -0.4 is 11.1 Å². The number of anilines is 2. The first kappa shape index (κ1) is 15.1. The molecule has 106 valence electrons. The van der Waals surface area contributed by atoms with Crippen LogP contribution in [-0.4, -0.2) is 44.2 Å². The van der Waals surface area contributed by atoms with E-state index in [-0.39, 0.29) is 24.4 Å². The van der Waals surface area contributed by atoms with Crippen LogP contribution in [0.2, 0.25) is 0 Å². The summed E-state index contributed by atoms with van der Waals surface area (Å²) < 4.78 is 32.8. The summed E-state index contributed by atoms with van der Waals surface area (Å²) in [5, 5.41) is 2.82. The third kappa shape index (κ3) is 5.04. The van der Waals surface area contributed by atoms with Gasteiger partial charge in [-0.15, -0.1) is 0 Å². The highest BCUT2D eigenvalue weighted by Crippen LogP contribution is 2.15. The quantitative estimate of drug-likeness (QED) is 0.573. The zero-order valence-electron chi connectivity index (χ0n) is 10.4. The number of rotatable bonds is 7. The highest BCUT2D eigenvalue weighted by atomic mass is 19.3. The van der Waals surface area contributed by atoms with Crippen LogP contribution in [-0.2, 0) is 9.47 Å². The molecule has 8 heteroatoms. The Morgan fingerprint density at radius 1 is 1.58 bits per heavy atom. The van der Waals surface area contributed by atoms with Gasteiger partial charge in [0.1, 0.15) is 12.4 Å². The number of pyridine rings is 1. The van der Waals surface area contributed by atoms with Crippen molar-refractivity contribution >= 4 is 17.5 Å². The van der Waals surface area contributed by atoms with Gasteiger partial charge in [0, 0.05) is 6.54 Å². The third-order valence-corrected chi connectivity index (χ3v) is 2.14. The number of hydrogen-bond acceptors (Lipinski definition) is 6. The fourth-order valence-corrected chi connectivity index (χ4v) is 1.27. The molecule has 0 aliphatic carbocycles. The molecule has 0 unspecified atom stereocenters. The number of nitrogen functional groups attached to an aromatic ring is 1. The van der Waals surface area contributed by atoms with Crippen molar-refractivity contribution in [1.82, 2.24) is 4.98 Å². The maximum absolute atomic E-state index is 11.8. The minimum atomic E-state index is -2.49. The van der Waals surface area contributed by atoms with E-state index in [1.54, 1.807) is 0 Å². The van der Waals surface area contributed by atoms with Gasteiger partial charge < -0.3 is 20.5 Å². The Bertz CT molecular complexity index is 430. The van der Waals surface area contributed by atoms with Crippen LogP contribution in [0, 0.1) is 0 Å². The van der Waals surface area contributed by atoms with Crippen molar-refractivity contribution in [2.45, 2.75) is 6.43 Å². The van der Waals surface area contributed by atoms with E-state index in [1.807, 2.05) is 0 Å². The van der Waals surface area contributed by atoms with Gasteiger partial charge in [-0.25, -0.2) is 18.6 Å². The fourth-order valence-electron chi connectivity index (χ4n) is 1.27. The van der Waals surface area contributed by atoms with E-state index in [4.69, 9.17) is 5.73 Å². The lowest BCUT2D eigenvalue weighted by Gasteiger charge is -2.09. The SMILES string of the molecule is COC(=O)c1cc(NCCOCC(F)F)ncc1N. The normalized spacial score (nSPS) is 10.5. The van der Waals surface area contributed by atoms with Crippen LogP contribution in [0.1, 0.15) is 10.4 Å². The number of hydrogen-bond donors (Lipinski definition) is 2. The molecule has 1 heterocycles. The van der Waals surface area contributed by atoms with E-state index in [9.17, 15) is 13.6 Å². The molecular formula is C11H15F2N3O3. The number of alkyl halides is 2. The zero-order valence-corrected chi connectivity index (χ0v) is 10.4. The summed E-state index contributed by atoms with van der Waals surface area (Å²) in [6.07, 6.45) is -1.17. The Hall–Kier alpha value is -1.96. The molecule has 0 aliphatic heterocycles. The summed E-state index contributed by atoms with van der Waals surface area (Å²) >= 11 is 0. The van der Waals surface area contributed by atoms with Gasteiger partial charge in [-0.1, -0.05) is 0 Å². The number of methoxy groups -OCH3 is 1. The Kier molecular flexibility index (Phi) is 5.94. The number of carbonyl (C=O) groups excluding carboxylic acids is 1. The first-order chi connectivity index (χ1) is 9.04. The molecule has 0 amide bonds. The lowest BCUT2D eigenvalue weighted by molar-refractivity contribution is 0.0214. The lowest BCUT2D eigenvalue weighted by Crippen LogP contribution is -2.14. The maximum Gasteiger partial charge on any atom is 0.340 e. The summed E-state index contributed by atoms with van der Waals surface area (Å²) in [5.74, 6) is -0.188.